The Bertz CT molecular complexity index is 638. The number of hydrogen-bond acceptors (Lipinski definition) is 3. The van der Waals surface area contributed by atoms with Crippen LogP contribution in [0.5, 0.6) is 0 Å². The van der Waals surface area contributed by atoms with Gasteiger partial charge in [0.1, 0.15) is 12.0 Å². The summed E-state index contributed by atoms with van der Waals surface area (Å²) >= 11 is 0. The highest BCUT2D eigenvalue weighted by molar-refractivity contribution is 5.96. The molecule has 1 aromatic carbocycles. The van der Waals surface area contributed by atoms with Gasteiger partial charge in [0, 0.05) is 18.2 Å². The lowest BCUT2D eigenvalue weighted by molar-refractivity contribution is -0.163. The molecule has 0 spiro atoms. The highest BCUT2D eigenvalue weighted by atomic mass is 19.3. The number of nitrogens with one attached hydrogen (secondary N) is 1. The van der Waals surface area contributed by atoms with E-state index < -0.39 is 18.3 Å². The first-order chi connectivity index (χ1) is 9.80. The van der Waals surface area contributed by atoms with Gasteiger partial charge in [0.25, 0.3) is 0 Å². The summed E-state index contributed by atoms with van der Waals surface area (Å²) in [6, 6.07) is 5.60. The van der Waals surface area contributed by atoms with E-state index in [-0.39, 0.29) is 5.69 Å². The van der Waals surface area contributed by atoms with Gasteiger partial charge in [-0.1, -0.05) is 12.1 Å². The molecule has 0 aliphatic carbocycles. The van der Waals surface area contributed by atoms with Crippen molar-refractivity contribution < 1.29 is 26.8 Å². The standard InChI is InChI=1S/C13H10F4N2O2/c1-7-18-10(6-21-7)8-2-4-9(5-3-8)19-12(20)13(16,17)11(14)15/h2-6,11H,1H3,(H,19,20). The molecule has 0 saturated heterocycles. The minimum atomic E-state index is -4.73. The summed E-state index contributed by atoms with van der Waals surface area (Å²) < 4.78 is 54.6. The van der Waals surface area contributed by atoms with Gasteiger partial charge in [-0.3, -0.25) is 4.79 Å². The molecule has 1 heterocycles. The van der Waals surface area contributed by atoms with E-state index >= 15 is 0 Å². The quantitative estimate of drug-likeness (QED) is 0.880. The third kappa shape index (κ3) is 3.21. The molecule has 0 unspecified atom stereocenters. The predicted molar refractivity (Wildman–Crippen MR) is 66.3 cm³/mol. The maximum atomic E-state index is 12.8. The number of benzene rings is 1. The number of carbonyl (C=O) groups excluding carboxylic acids is 1. The Balaban J connectivity index is 2.11. The fourth-order valence-electron chi connectivity index (χ4n) is 1.53. The van der Waals surface area contributed by atoms with Gasteiger partial charge < -0.3 is 9.73 Å². The molecule has 4 nitrogen and oxygen atoms in total. The molecule has 0 saturated carbocycles. The summed E-state index contributed by atoms with van der Waals surface area (Å²) in [7, 11) is 0. The average molecular weight is 302 g/mol. The molecule has 0 aliphatic heterocycles. The van der Waals surface area contributed by atoms with Crippen molar-refractivity contribution in [1.82, 2.24) is 4.98 Å². The molecule has 0 fully saturated rings. The highest BCUT2D eigenvalue weighted by Gasteiger charge is 2.48. The number of aryl methyl sites for hydroxylation is 1. The van der Waals surface area contributed by atoms with Crippen molar-refractivity contribution >= 4 is 11.6 Å². The van der Waals surface area contributed by atoms with Crippen molar-refractivity contribution in [1.29, 1.82) is 0 Å². The summed E-state index contributed by atoms with van der Waals surface area (Å²) in [6.45, 7) is 1.66. The average Bonchev–Trinajstić information content (AvgIpc) is 2.86. The summed E-state index contributed by atoms with van der Waals surface area (Å²) in [5.74, 6) is -6.33. The molecule has 1 aromatic heterocycles. The number of rotatable bonds is 4. The summed E-state index contributed by atoms with van der Waals surface area (Å²) in [4.78, 5) is 15.1. The van der Waals surface area contributed by atoms with Crippen molar-refractivity contribution in [2.45, 2.75) is 19.3 Å². The SMILES string of the molecule is Cc1nc(-c2ccc(NC(=O)C(F)(F)C(F)F)cc2)co1. The molecule has 1 amide bonds. The van der Waals surface area contributed by atoms with Gasteiger partial charge >= 0.3 is 18.3 Å². The molecule has 0 bridgehead atoms. The summed E-state index contributed by atoms with van der Waals surface area (Å²) in [6.07, 6.45) is -2.65. The lowest BCUT2D eigenvalue weighted by Crippen LogP contribution is -2.40. The first-order valence-corrected chi connectivity index (χ1v) is 5.80. The topological polar surface area (TPSA) is 55.1 Å². The van der Waals surface area contributed by atoms with Crippen LogP contribution in [0.25, 0.3) is 11.3 Å². The Morgan fingerprint density at radius 3 is 2.38 bits per heavy atom. The number of carbonyl (C=O) groups is 1. The van der Waals surface area contributed by atoms with E-state index in [0.717, 1.165) is 0 Å². The van der Waals surface area contributed by atoms with Crippen molar-refractivity contribution in [2.75, 3.05) is 5.32 Å². The van der Waals surface area contributed by atoms with Gasteiger partial charge in [-0.25, -0.2) is 13.8 Å². The van der Waals surface area contributed by atoms with Crippen molar-refractivity contribution in [3.8, 4) is 11.3 Å². The number of hydrogen-bond donors (Lipinski definition) is 1. The molecule has 2 aromatic rings. The van der Waals surface area contributed by atoms with Crippen LogP contribution in [0.15, 0.2) is 34.9 Å². The Kier molecular flexibility index (Phi) is 3.97. The smallest absolute Gasteiger partial charge is 0.383 e. The van der Waals surface area contributed by atoms with Crippen LogP contribution < -0.4 is 5.32 Å². The van der Waals surface area contributed by atoms with E-state index in [0.29, 0.717) is 17.1 Å². The molecule has 0 radical (unpaired) electrons. The zero-order valence-corrected chi connectivity index (χ0v) is 10.7. The largest absolute Gasteiger partial charge is 0.449 e. The number of oxazole rings is 1. The van der Waals surface area contributed by atoms with Gasteiger partial charge in [-0.15, -0.1) is 0 Å². The minimum absolute atomic E-state index is 0.0238. The summed E-state index contributed by atoms with van der Waals surface area (Å²) in [5.41, 5.74) is 1.14. The van der Waals surface area contributed by atoms with Gasteiger partial charge in [-0.05, 0) is 12.1 Å². The zero-order valence-electron chi connectivity index (χ0n) is 10.7. The third-order valence-electron chi connectivity index (χ3n) is 2.63. The summed E-state index contributed by atoms with van der Waals surface area (Å²) in [5, 5.41) is 1.73. The van der Waals surface area contributed by atoms with Crippen LogP contribution in [-0.4, -0.2) is 23.2 Å². The first kappa shape index (κ1) is 15.0. The van der Waals surface area contributed by atoms with Crippen LogP contribution in [0, 0.1) is 6.92 Å². The molecule has 21 heavy (non-hydrogen) atoms. The first-order valence-electron chi connectivity index (χ1n) is 5.80. The lowest BCUT2D eigenvalue weighted by atomic mass is 10.1. The maximum absolute atomic E-state index is 12.8. The number of alkyl halides is 4. The van der Waals surface area contributed by atoms with E-state index in [1.54, 1.807) is 12.2 Å². The zero-order chi connectivity index (χ0) is 15.6. The molecular weight excluding hydrogens is 292 g/mol. The number of halogens is 4. The van der Waals surface area contributed by atoms with Gasteiger partial charge in [0.15, 0.2) is 5.89 Å². The van der Waals surface area contributed by atoms with Crippen LogP contribution in [0.4, 0.5) is 23.2 Å². The van der Waals surface area contributed by atoms with Crippen molar-refractivity contribution in [2.24, 2.45) is 0 Å². The normalized spacial score (nSPS) is 11.7. The Morgan fingerprint density at radius 1 is 1.29 bits per heavy atom. The van der Waals surface area contributed by atoms with Gasteiger partial charge in [0.2, 0.25) is 0 Å². The van der Waals surface area contributed by atoms with Crippen LogP contribution >= 0.6 is 0 Å². The Morgan fingerprint density at radius 2 is 1.90 bits per heavy atom. The third-order valence-corrected chi connectivity index (χ3v) is 2.63. The lowest BCUT2D eigenvalue weighted by Gasteiger charge is -2.14. The number of anilines is 1. The van der Waals surface area contributed by atoms with E-state index in [2.05, 4.69) is 4.98 Å². The van der Waals surface area contributed by atoms with Crippen LogP contribution in [0.1, 0.15) is 5.89 Å². The van der Waals surface area contributed by atoms with Crippen LogP contribution in [-0.2, 0) is 4.79 Å². The van der Waals surface area contributed by atoms with Crippen molar-refractivity contribution in [3.63, 3.8) is 0 Å². The number of aromatic nitrogens is 1. The maximum Gasteiger partial charge on any atom is 0.383 e. The predicted octanol–water partition coefficient (Wildman–Crippen LogP) is 3.49. The van der Waals surface area contributed by atoms with Crippen molar-refractivity contribution in [3.05, 3.63) is 36.4 Å². The Hall–Kier alpha value is -2.38. The van der Waals surface area contributed by atoms with Gasteiger partial charge in [-0.2, -0.15) is 8.78 Å². The molecular formula is C13H10F4N2O2. The molecule has 0 aliphatic rings. The van der Waals surface area contributed by atoms with Gasteiger partial charge in [0.05, 0.1) is 0 Å². The molecule has 2 rings (SSSR count). The van der Waals surface area contributed by atoms with E-state index in [9.17, 15) is 22.4 Å². The number of amides is 1. The van der Waals surface area contributed by atoms with E-state index in [4.69, 9.17) is 4.42 Å². The van der Waals surface area contributed by atoms with E-state index in [1.807, 2.05) is 0 Å². The highest BCUT2D eigenvalue weighted by Crippen LogP contribution is 2.26. The molecule has 0 atom stereocenters. The van der Waals surface area contributed by atoms with Crippen LogP contribution in [0.3, 0.4) is 0 Å². The second-order valence-corrected chi connectivity index (χ2v) is 4.21. The van der Waals surface area contributed by atoms with Crippen LogP contribution in [0.2, 0.25) is 0 Å². The molecule has 1 N–H and O–H groups in total. The molecule has 8 heteroatoms. The Labute approximate surface area is 116 Å². The second-order valence-electron chi connectivity index (χ2n) is 4.21. The fourth-order valence-corrected chi connectivity index (χ4v) is 1.53. The second kappa shape index (κ2) is 5.55. The molecule has 112 valence electrons. The fraction of sp³-hybridized carbons (Fsp3) is 0.231. The monoisotopic (exact) mass is 302 g/mol. The minimum Gasteiger partial charge on any atom is -0.449 e. The van der Waals surface area contributed by atoms with E-state index in [1.165, 1.54) is 30.5 Å². The number of nitrogens with zero attached hydrogens (tertiary/aromatic N) is 1.